The predicted molar refractivity (Wildman–Crippen MR) is 143 cm³/mol. The number of aromatic nitrogens is 4. The van der Waals surface area contributed by atoms with E-state index >= 15 is 0 Å². The average molecular weight is 509 g/mol. The molecule has 0 unspecified atom stereocenters. The Bertz CT molecular complexity index is 1670. The van der Waals surface area contributed by atoms with Crippen LogP contribution >= 0.6 is 11.3 Å². The minimum atomic E-state index is -0.335. The molecule has 0 N–H and O–H groups in total. The van der Waals surface area contributed by atoms with Gasteiger partial charge < -0.3 is 4.90 Å². The molecule has 1 aromatic carbocycles. The smallest absolute Gasteiger partial charge is 0.269 e. The Morgan fingerprint density at radius 1 is 1.16 bits per heavy atom. The molecule has 1 aliphatic heterocycles. The summed E-state index contributed by atoms with van der Waals surface area (Å²) in [6.07, 6.45) is 10.5. The summed E-state index contributed by atoms with van der Waals surface area (Å²) in [5, 5.41) is 14.7. The molecule has 0 atom stereocenters. The van der Waals surface area contributed by atoms with Crippen molar-refractivity contribution in [3.05, 3.63) is 98.8 Å². The molecule has 9 heteroatoms. The first-order valence-electron chi connectivity index (χ1n) is 11.9. The van der Waals surface area contributed by atoms with E-state index in [1.165, 1.54) is 4.57 Å². The maximum absolute atomic E-state index is 13.5. The van der Waals surface area contributed by atoms with Crippen LogP contribution < -0.4 is 14.8 Å². The predicted octanol–water partition coefficient (Wildman–Crippen LogP) is 2.47. The molecule has 37 heavy (non-hydrogen) atoms. The van der Waals surface area contributed by atoms with Gasteiger partial charge in [-0.05, 0) is 43.2 Å². The highest BCUT2D eigenvalue weighted by atomic mass is 32.1. The maximum atomic E-state index is 13.5. The third-order valence-electron chi connectivity index (χ3n) is 6.14. The van der Waals surface area contributed by atoms with Crippen molar-refractivity contribution in [3.8, 4) is 23.0 Å². The van der Waals surface area contributed by atoms with Gasteiger partial charge in [0, 0.05) is 49.4 Å². The molecule has 1 aliphatic rings. The van der Waals surface area contributed by atoms with Crippen LogP contribution in [0.4, 0.5) is 0 Å². The summed E-state index contributed by atoms with van der Waals surface area (Å²) in [4.78, 5) is 32.5. The molecule has 0 aliphatic carbocycles. The fourth-order valence-electron chi connectivity index (χ4n) is 4.34. The Labute approximate surface area is 217 Å². The average Bonchev–Trinajstić information content (AvgIpc) is 3.68. The Balaban J connectivity index is 1.73. The molecule has 1 amide bonds. The number of carbonyl (C=O) groups excluding carboxylic acids is 1. The standard InChI is InChI=1S/C28H24N6O2S/c1-2-13-33-27(36)24(37-28(33)23(17-29)26(35)32-14-6-7-15-32)16-21-19-34(22-10-4-3-5-11-22)31-25(21)20-9-8-12-30-18-20/h2-5,8-12,16,18-19H,1,6-7,13-15H2/b24-16+,28-23-. The van der Waals surface area contributed by atoms with Crippen LogP contribution in [0.1, 0.15) is 18.4 Å². The molecular weight excluding hydrogens is 484 g/mol. The molecule has 0 bridgehead atoms. The van der Waals surface area contributed by atoms with Gasteiger partial charge in [0.05, 0.1) is 10.2 Å². The number of thiazole rings is 1. The van der Waals surface area contributed by atoms with Gasteiger partial charge in [-0.1, -0.05) is 24.3 Å². The fourth-order valence-corrected chi connectivity index (χ4v) is 5.43. The molecule has 4 heterocycles. The first-order chi connectivity index (χ1) is 18.1. The van der Waals surface area contributed by atoms with Gasteiger partial charge in [0.25, 0.3) is 11.5 Å². The lowest BCUT2D eigenvalue weighted by Gasteiger charge is -2.13. The lowest BCUT2D eigenvalue weighted by atomic mass is 10.1. The highest BCUT2D eigenvalue weighted by Crippen LogP contribution is 2.23. The lowest BCUT2D eigenvalue weighted by Crippen LogP contribution is -2.35. The van der Waals surface area contributed by atoms with Crippen LogP contribution in [0.3, 0.4) is 0 Å². The number of rotatable bonds is 6. The molecule has 0 spiro atoms. The van der Waals surface area contributed by atoms with E-state index in [0.29, 0.717) is 28.0 Å². The van der Waals surface area contributed by atoms with Crippen molar-refractivity contribution in [1.29, 1.82) is 5.26 Å². The Hall–Kier alpha value is -4.55. The summed E-state index contributed by atoms with van der Waals surface area (Å²) >= 11 is 1.14. The number of likely N-dealkylation sites (tertiary alicyclic amines) is 1. The normalized spacial score (nSPS) is 14.5. The van der Waals surface area contributed by atoms with Crippen LogP contribution in [0, 0.1) is 11.3 Å². The van der Waals surface area contributed by atoms with Crippen LogP contribution in [-0.4, -0.2) is 43.2 Å². The summed E-state index contributed by atoms with van der Waals surface area (Å²) in [6, 6.07) is 15.5. The molecule has 5 rings (SSSR count). The number of pyridine rings is 1. The van der Waals surface area contributed by atoms with Gasteiger partial charge in [-0.2, -0.15) is 10.4 Å². The topological polar surface area (TPSA) is 96.8 Å². The second kappa shape index (κ2) is 10.6. The van der Waals surface area contributed by atoms with Crippen LogP contribution in [-0.2, 0) is 11.3 Å². The van der Waals surface area contributed by atoms with E-state index in [9.17, 15) is 14.9 Å². The van der Waals surface area contributed by atoms with Gasteiger partial charge in [-0.25, -0.2) is 4.68 Å². The molecule has 1 fully saturated rings. The largest absolute Gasteiger partial charge is 0.338 e. The number of hydrogen-bond donors (Lipinski definition) is 0. The van der Waals surface area contributed by atoms with Gasteiger partial charge in [0.2, 0.25) is 0 Å². The lowest BCUT2D eigenvalue weighted by molar-refractivity contribution is -0.123. The molecule has 8 nitrogen and oxygen atoms in total. The molecular formula is C28H24N6O2S. The number of nitriles is 1. The number of carbonyl (C=O) groups is 1. The van der Waals surface area contributed by atoms with Gasteiger partial charge in [0.1, 0.15) is 16.4 Å². The van der Waals surface area contributed by atoms with Crippen LogP contribution in [0.5, 0.6) is 0 Å². The van der Waals surface area contributed by atoms with Crippen molar-refractivity contribution < 1.29 is 4.79 Å². The first-order valence-corrected chi connectivity index (χ1v) is 12.7. The third-order valence-corrected chi connectivity index (χ3v) is 7.27. The number of allylic oxidation sites excluding steroid dienone is 1. The number of benzene rings is 1. The van der Waals surface area contributed by atoms with E-state index in [4.69, 9.17) is 5.10 Å². The quantitative estimate of drug-likeness (QED) is 0.373. The Kier molecular flexibility index (Phi) is 6.92. The van der Waals surface area contributed by atoms with E-state index in [0.717, 1.165) is 41.0 Å². The van der Waals surface area contributed by atoms with E-state index in [-0.39, 0.29) is 23.6 Å². The van der Waals surface area contributed by atoms with Crippen LogP contribution in [0.2, 0.25) is 0 Å². The van der Waals surface area contributed by atoms with E-state index in [2.05, 4.69) is 17.6 Å². The summed E-state index contributed by atoms with van der Waals surface area (Å²) in [6.45, 7) is 5.18. The summed E-state index contributed by atoms with van der Waals surface area (Å²) in [5.74, 6) is -0.335. The zero-order valence-electron chi connectivity index (χ0n) is 20.1. The third kappa shape index (κ3) is 4.79. The van der Waals surface area contributed by atoms with Gasteiger partial charge >= 0.3 is 0 Å². The molecule has 1 saturated heterocycles. The number of para-hydroxylation sites is 1. The molecule has 4 aromatic rings. The Morgan fingerprint density at radius 2 is 1.95 bits per heavy atom. The maximum Gasteiger partial charge on any atom is 0.269 e. The second-order valence-corrected chi connectivity index (χ2v) is 9.59. The number of nitrogens with zero attached hydrogens (tertiary/aromatic N) is 6. The van der Waals surface area contributed by atoms with E-state index in [1.807, 2.05) is 48.7 Å². The highest BCUT2D eigenvalue weighted by molar-refractivity contribution is 7.07. The summed E-state index contributed by atoms with van der Waals surface area (Å²) in [7, 11) is 0. The van der Waals surface area contributed by atoms with Crippen LogP contribution in [0.15, 0.2) is 78.5 Å². The number of amides is 1. The zero-order chi connectivity index (χ0) is 25.8. The van der Waals surface area contributed by atoms with Crippen molar-refractivity contribution in [2.75, 3.05) is 13.1 Å². The van der Waals surface area contributed by atoms with E-state index in [1.54, 1.807) is 34.1 Å². The van der Waals surface area contributed by atoms with Crippen LogP contribution in [0.25, 0.3) is 28.6 Å². The summed E-state index contributed by atoms with van der Waals surface area (Å²) in [5.41, 5.74) is 2.76. The van der Waals surface area contributed by atoms with Gasteiger partial charge in [-0.3, -0.25) is 19.1 Å². The van der Waals surface area contributed by atoms with Crippen molar-refractivity contribution in [3.63, 3.8) is 0 Å². The summed E-state index contributed by atoms with van der Waals surface area (Å²) < 4.78 is 3.95. The van der Waals surface area contributed by atoms with Crippen molar-refractivity contribution in [1.82, 2.24) is 24.2 Å². The molecule has 3 aromatic heterocycles. The SMILES string of the molecule is C=CCn1c(=O)/c(=C\c2cn(-c3ccccc3)nc2-c2cccnc2)s/c1=C(/C#N)C(=O)N1CCCC1. The van der Waals surface area contributed by atoms with Gasteiger partial charge in [0.15, 0.2) is 5.57 Å². The zero-order valence-corrected chi connectivity index (χ0v) is 20.9. The molecule has 0 saturated carbocycles. The van der Waals surface area contributed by atoms with E-state index < -0.39 is 0 Å². The van der Waals surface area contributed by atoms with Crippen molar-refractivity contribution in [2.24, 2.45) is 0 Å². The van der Waals surface area contributed by atoms with Gasteiger partial charge in [-0.15, -0.1) is 17.9 Å². The fraction of sp³-hybridized carbons (Fsp3) is 0.179. The first kappa shape index (κ1) is 24.2. The minimum absolute atomic E-state index is 0.0158. The highest BCUT2D eigenvalue weighted by Gasteiger charge is 2.24. The van der Waals surface area contributed by atoms with Crippen molar-refractivity contribution in [2.45, 2.75) is 19.4 Å². The molecule has 0 radical (unpaired) electrons. The monoisotopic (exact) mass is 508 g/mol. The Morgan fingerprint density at radius 3 is 2.62 bits per heavy atom. The molecule has 184 valence electrons. The van der Waals surface area contributed by atoms with Crippen molar-refractivity contribution >= 4 is 28.9 Å². The second-order valence-electron chi connectivity index (χ2n) is 8.56. The number of hydrogen-bond acceptors (Lipinski definition) is 6. The minimum Gasteiger partial charge on any atom is -0.338 e.